The lowest BCUT2D eigenvalue weighted by Crippen LogP contribution is -2.62. The number of pyridine rings is 1. The van der Waals surface area contributed by atoms with E-state index in [2.05, 4.69) is 70.6 Å². The smallest absolute Gasteiger partial charge is 0.324 e. The van der Waals surface area contributed by atoms with Gasteiger partial charge in [-0.05, 0) is 98.5 Å². The molecule has 6 aliphatic rings. The van der Waals surface area contributed by atoms with E-state index in [4.69, 9.17) is 19.2 Å². The van der Waals surface area contributed by atoms with Gasteiger partial charge in [-0.1, -0.05) is 39.8 Å². The Morgan fingerprint density at radius 2 is 1.73 bits per heavy atom. The van der Waals surface area contributed by atoms with Gasteiger partial charge < -0.3 is 44.1 Å². The Labute approximate surface area is 432 Å². The molecular formula is C56H72FN9O8. The average molecular weight is 1020 g/mol. The largest absolute Gasteiger partial charge is 0.491 e. The van der Waals surface area contributed by atoms with Crippen LogP contribution >= 0.6 is 0 Å². The summed E-state index contributed by atoms with van der Waals surface area (Å²) in [6, 6.07) is 10.6. The predicted molar refractivity (Wildman–Crippen MR) is 278 cm³/mol. The zero-order chi connectivity index (χ0) is 52.5. The molecule has 0 spiro atoms. The molecule has 396 valence electrons. The second-order valence-electron chi connectivity index (χ2n) is 22.7. The summed E-state index contributed by atoms with van der Waals surface area (Å²) in [5, 5.41) is 8.93. The van der Waals surface area contributed by atoms with E-state index in [1.807, 2.05) is 38.2 Å². The number of fused-ring (bicyclic) bond motifs is 10. The number of hydrogen-bond acceptors (Lipinski definition) is 12. The van der Waals surface area contributed by atoms with Crippen molar-refractivity contribution >= 4 is 46.2 Å². The van der Waals surface area contributed by atoms with Crippen LogP contribution in [0, 0.1) is 17.3 Å². The van der Waals surface area contributed by atoms with Gasteiger partial charge in [-0.2, -0.15) is 0 Å². The van der Waals surface area contributed by atoms with Crippen LogP contribution in [0.15, 0.2) is 48.7 Å². The number of amides is 4. The maximum atomic E-state index is 15.5. The van der Waals surface area contributed by atoms with Crippen LogP contribution in [0.2, 0.25) is 0 Å². The summed E-state index contributed by atoms with van der Waals surface area (Å²) < 4.78 is 37.5. The highest BCUT2D eigenvalue weighted by atomic mass is 19.1. The van der Waals surface area contributed by atoms with E-state index in [1.165, 1.54) is 28.7 Å². The van der Waals surface area contributed by atoms with Crippen LogP contribution in [0.4, 0.5) is 10.1 Å². The molecule has 4 aromatic rings. The number of aromatic nitrogens is 2. The Bertz CT molecular complexity index is 2870. The summed E-state index contributed by atoms with van der Waals surface area (Å²) in [7, 11) is 3.27. The molecule has 1 aliphatic carbocycles. The first-order valence-corrected chi connectivity index (χ1v) is 26.5. The fourth-order valence-corrected chi connectivity index (χ4v) is 12.7. The van der Waals surface area contributed by atoms with Crippen LogP contribution < -0.4 is 25.7 Å². The summed E-state index contributed by atoms with van der Waals surface area (Å²) in [6.07, 6.45) is 2.61. The van der Waals surface area contributed by atoms with Gasteiger partial charge in [0.05, 0.1) is 41.8 Å². The first-order chi connectivity index (χ1) is 35.3. The summed E-state index contributed by atoms with van der Waals surface area (Å²) in [6.45, 7) is 16.8. The second-order valence-corrected chi connectivity index (χ2v) is 22.7. The van der Waals surface area contributed by atoms with Crippen molar-refractivity contribution in [3.8, 4) is 28.1 Å². The number of esters is 1. The highest BCUT2D eigenvalue weighted by molar-refractivity contribution is 5.98. The Morgan fingerprint density at radius 1 is 0.959 bits per heavy atom. The molecule has 1 unspecified atom stereocenters. The molecule has 3 N–H and O–H groups in total. The lowest BCUT2D eigenvalue weighted by atomic mass is 9.67. The van der Waals surface area contributed by atoms with Crippen LogP contribution in [-0.4, -0.2) is 150 Å². The molecule has 5 aliphatic heterocycles. The lowest BCUT2D eigenvalue weighted by Gasteiger charge is -2.43. The van der Waals surface area contributed by atoms with Gasteiger partial charge in [0.25, 0.3) is 11.8 Å². The number of ether oxygens (including phenoxy) is 3. The number of alkyl halides is 1. The van der Waals surface area contributed by atoms with Crippen molar-refractivity contribution in [2.75, 3.05) is 71.5 Å². The number of likely N-dealkylation sites (N-methyl/N-ethyl adjacent to an activating group) is 1. The summed E-state index contributed by atoms with van der Waals surface area (Å²) in [5.41, 5.74) is 8.46. The number of halogens is 1. The minimum atomic E-state index is -2.21. The molecule has 74 heavy (non-hydrogen) atoms. The molecular weight excluding hydrogens is 946 g/mol. The van der Waals surface area contributed by atoms with Crippen molar-refractivity contribution in [2.24, 2.45) is 17.3 Å². The molecule has 7 atom stereocenters. The molecule has 0 radical (unpaired) electrons. The third-order valence-electron chi connectivity index (χ3n) is 16.4. The van der Waals surface area contributed by atoms with Crippen molar-refractivity contribution in [3.05, 3.63) is 65.5 Å². The van der Waals surface area contributed by atoms with Gasteiger partial charge in [0.2, 0.25) is 11.8 Å². The Balaban J connectivity index is 1.18. The van der Waals surface area contributed by atoms with Crippen molar-refractivity contribution in [1.29, 1.82) is 0 Å². The molecule has 4 amide bonds. The van der Waals surface area contributed by atoms with Crippen molar-refractivity contribution in [2.45, 2.75) is 123 Å². The number of methoxy groups -OCH3 is 1. The van der Waals surface area contributed by atoms with Crippen molar-refractivity contribution < 1.29 is 42.6 Å². The first kappa shape index (κ1) is 51.4. The summed E-state index contributed by atoms with van der Waals surface area (Å²) in [4.78, 5) is 82.9. The van der Waals surface area contributed by atoms with Crippen LogP contribution in [0.3, 0.4) is 0 Å². The molecule has 2 aromatic heterocycles. The van der Waals surface area contributed by atoms with Gasteiger partial charge in [0.15, 0.2) is 5.67 Å². The monoisotopic (exact) mass is 1020 g/mol. The normalized spacial score (nSPS) is 26.6. The highest BCUT2D eigenvalue weighted by Crippen LogP contribution is 2.57. The van der Waals surface area contributed by atoms with E-state index < -0.39 is 76.9 Å². The minimum absolute atomic E-state index is 0.0199. The number of nitrogens with zero attached hydrogens (tertiary/aromatic N) is 6. The van der Waals surface area contributed by atoms with Crippen molar-refractivity contribution in [3.63, 3.8) is 0 Å². The SMILES string of the molecule is CCn1c2c3c4cc(ccc41)-c1cc4cc(c1)OC[C@@H]1[C@H](CCN1C(=O)C(C)(C)F)C(=O)N(C)[C@@H](C(C)C)C(=O)N[C@@H](C4)C(=O)N1CCC[C@H](N1)C(=O)OCC(C)(C)C3[C@H](OC)c1ncc(N3CCNCC3)cc1-2. The maximum Gasteiger partial charge on any atom is 0.324 e. The number of carbonyl (C=O) groups excluding carboxylic acids is 5. The third-order valence-corrected chi connectivity index (χ3v) is 16.4. The Kier molecular flexibility index (Phi) is 13.8. The number of aryl methyl sites for hydroxylation is 1. The molecule has 3 fully saturated rings. The average Bonchev–Trinajstić information content (AvgIpc) is 3.96. The van der Waals surface area contributed by atoms with Gasteiger partial charge in [0.1, 0.15) is 36.6 Å². The van der Waals surface area contributed by atoms with E-state index in [9.17, 15) is 19.2 Å². The highest BCUT2D eigenvalue weighted by Gasteiger charge is 2.50. The molecule has 3 saturated heterocycles. The summed E-state index contributed by atoms with van der Waals surface area (Å²) in [5.74, 6) is -3.76. The molecule has 8 bridgehead atoms. The van der Waals surface area contributed by atoms with Gasteiger partial charge in [-0.3, -0.25) is 34.0 Å². The number of rotatable bonds is 5. The molecule has 0 saturated carbocycles. The maximum absolute atomic E-state index is 15.5. The molecule has 2 aromatic carbocycles. The number of hydrazine groups is 1. The van der Waals surface area contributed by atoms with E-state index >= 15 is 9.18 Å². The Hall–Kier alpha value is -6.11. The first-order valence-electron chi connectivity index (χ1n) is 26.5. The standard InChI is InChI=1S/C56H72FN9O8/c1-10-64-42-14-13-33-26-38(42)44-45(49(72-9)46-39(48(44)64)27-35(28-59-46)63-20-16-58-17-21-63)55(4,5)30-74-53(70)40-12-11-18-66(61-40)52(69)41-24-32-22-34(33)25-36(23-32)73-29-43-37(15-19-65(43)54(71)56(6,7)57)51(68)62(8)47(31(2)3)50(67)60-41/h13-14,22-23,25-28,31,37,40-41,43,45,47,49,58,61H,10-12,15-21,24,29-30H2,1-9H3,(H,60,67)/t37-,40-,41-,43+,45?,47-,49-/m0/s1. The van der Waals surface area contributed by atoms with E-state index in [1.54, 1.807) is 14.2 Å². The number of likely N-dealkylation sites (tertiary alicyclic amines) is 1. The molecule has 17 nitrogen and oxygen atoms in total. The van der Waals surface area contributed by atoms with E-state index in [-0.39, 0.29) is 51.0 Å². The lowest BCUT2D eigenvalue weighted by molar-refractivity contribution is -0.156. The van der Waals surface area contributed by atoms with Crippen LogP contribution in [-0.2, 0) is 46.4 Å². The minimum Gasteiger partial charge on any atom is -0.491 e. The topological polar surface area (TPSA) is 180 Å². The van der Waals surface area contributed by atoms with E-state index in [0.717, 1.165) is 76.4 Å². The fourth-order valence-electron chi connectivity index (χ4n) is 12.7. The Morgan fingerprint density at radius 3 is 2.45 bits per heavy atom. The van der Waals surface area contributed by atoms with Gasteiger partial charge >= 0.3 is 5.97 Å². The van der Waals surface area contributed by atoms with Crippen molar-refractivity contribution in [1.82, 2.24) is 40.4 Å². The molecule has 10 rings (SSSR count). The van der Waals surface area contributed by atoms with Crippen LogP contribution in [0.25, 0.3) is 33.3 Å². The fraction of sp³-hybridized carbons (Fsp3) is 0.571. The zero-order valence-corrected chi connectivity index (χ0v) is 44.3. The van der Waals surface area contributed by atoms with Gasteiger partial charge in [-0.15, -0.1) is 0 Å². The van der Waals surface area contributed by atoms with E-state index in [0.29, 0.717) is 30.7 Å². The predicted octanol–water partition coefficient (Wildman–Crippen LogP) is 5.53. The van der Waals surface area contributed by atoms with Crippen LogP contribution in [0.1, 0.15) is 96.6 Å². The number of piperazine rings is 1. The summed E-state index contributed by atoms with van der Waals surface area (Å²) >= 11 is 0. The number of anilines is 1. The number of cyclic esters (lactones) is 1. The number of nitrogens with one attached hydrogen (secondary N) is 3. The van der Waals surface area contributed by atoms with Crippen LogP contribution in [0.5, 0.6) is 5.75 Å². The quantitative estimate of drug-likeness (QED) is 0.213. The van der Waals surface area contributed by atoms with Gasteiger partial charge in [0, 0.05) is 94.2 Å². The second kappa shape index (κ2) is 19.9. The number of carbonyl (C=O) groups is 5. The third kappa shape index (κ3) is 9.18. The molecule has 7 heterocycles. The molecule has 18 heteroatoms. The number of benzene rings is 2. The number of hydrogen-bond donors (Lipinski definition) is 3. The van der Waals surface area contributed by atoms with Gasteiger partial charge in [-0.25, -0.2) is 9.82 Å². The zero-order valence-electron chi connectivity index (χ0n) is 44.3.